The smallest absolute Gasteiger partial charge is 0.261 e. The van der Waals surface area contributed by atoms with E-state index in [2.05, 4.69) is 5.32 Å². The Morgan fingerprint density at radius 3 is 2.78 bits per heavy atom. The lowest BCUT2D eigenvalue weighted by Crippen LogP contribution is -2.37. The summed E-state index contributed by atoms with van der Waals surface area (Å²) in [5, 5.41) is 2.92. The Hall–Kier alpha value is -4.00. The number of benzene rings is 3. The van der Waals surface area contributed by atoms with Crippen molar-refractivity contribution in [3.8, 4) is 17.2 Å². The standard InChI is InChI=1S/C29H28N2O5/c1-18-11-25(34-16-19-5-3-2-4-6-19)28-26(12-18)35-17-21-13-23(15-31(21)29(28)33)36-22-9-7-20-8-10-27(32)30-24(20)14-22/h2-7,9,11-12,14,21,23H,8,10,13,15-17H2,1H3,(H,30,32)/t21-,23+/m1/s1. The molecular formula is C29H28N2O5. The zero-order chi connectivity index (χ0) is 24.6. The minimum Gasteiger partial charge on any atom is -0.490 e. The number of anilines is 1. The van der Waals surface area contributed by atoms with Crippen LogP contribution in [0.5, 0.6) is 17.2 Å². The van der Waals surface area contributed by atoms with Crippen LogP contribution in [0.1, 0.15) is 39.9 Å². The fourth-order valence-electron chi connectivity index (χ4n) is 5.21. The Bertz CT molecular complexity index is 1320. The summed E-state index contributed by atoms with van der Waals surface area (Å²) < 4.78 is 18.6. The Balaban J connectivity index is 1.20. The lowest BCUT2D eigenvalue weighted by atomic mass is 10.0. The number of nitrogens with one attached hydrogen (secondary N) is 1. The minimum absolute atomic E-state index is 0.0239. The first-order valence-electron chi connectivity index (χ1n) is 12.4. The average molecular weight is 485 g/mol. The van der Waals surface area contributed by atoms with Crippen LogP contribution in [0.4, 0.5) is 5.69 Å². The number of fused-ring (bicyclic) bond motifs is 3. The molecule has 0 unspecified atom stereocenters. The highest BCUT2D eigenvalue weighted by Crippen LogP contribution is 2.38. The van der Waals surface area contributed by atoms with Crippen LogP contribution in [0.25, 0.3) is 0 Å². The molecule has 3 heterocycles. The average Bonchev–Trinajstić information content (AvgIpc) is 3.23. The van der Waals surface area contributed by atoms with Gasteiger partial charge in [0.2, 0.25) is 5.91 Å². The second kappa shape index (κ2) is 9.22. The van der Waals surface area contributed by atoms with Crippen molar-refractivity contribution in [2.45, 2.75) is 44.9 Å². The Morgan fingerprint density at radius 1 is 1.06 bits per heavy atom. The van der Waals surface area contributed by atoms with Gasteiger partial charge in [-0.1, -0.05) is 36.4 Å². The number of aryl methyl sites for hydroxylation is 2. The van der Waals surface area contributed by atoms with Crippen molar-refractivity contribution in [3.05, 3.63) is 82.9 Å². The van der Waals surface area contributed by atoms with Crippen molar-refractivity contribution in [2.24, 2.45) is 0 Å². The van der Waals surface area contributed by atoms with Crippen molar-refractivity contribution in [3.63, 3.8) is 0 Å². The van der Waals surface area contributed by atoms with Gasteiger partial charge in [0.25, 0.3) is 5.91 Å². The Morgan fingerprint density at radius 2 is 1.92 bits per heavy atom. The zero-order valence-electron chi connectivity index (χ0n) is 20.2. The molecule has 1 N–H and O–H groups in total. The molecule has 3 aromatic rings. The zero-order valence-corrected chi connectivity index (χ0v) is 20.2. The van der Waals surface area contributed by atoms with E-state index in [-0.39, 0.29) is 24.0 Å². The van der Waals surface area contributed by atoms with Gasteiger partial charge in [0.05, 0.1) is 12.6 Å². The van der Waals surface area contributed by atoms with Crippen LogP contribution in [-0.4, -0.2) is 42.0 Å². The van der Waals surface area contributed by atoms with Gasteiger partial charge in [0, 0.05) is 24.6 Å². The minimum atomic E-state index is -0.166. The van der Waals surface area contributed by atoms with Gasteiger partial charge in [-0.25, -0.2) is 0 Å². The maximum atomic E-state index is 13.8. The monoisotopic (exact) mass is 484 g/mol. The molecule has 2 amide bonds. The summed E-state index contributed by atoms with van der Waals surface area (Å²) in [6.45, 7) is 3.20. The maximum Gasteiger partial charge on any atom is 0.261 e. The Kier molecular flexibility index (Phi) is 5.76. The highest BCUT2D eigenvalue weighted by molar-refractivity contribution is 6.00. The molecule has 6 rings (SSSR count). The van der Waals surface area contributed by atoms with Crippen LogP contribution in [-0.2, 0) is 17.8 Å². The first-order chi connectivity index (χ1) is 17.5. The third-order valence-corrected chi connectivity index (χ3v) is 7.01. The number of hydrogen-bond acceptors (Lipinski definition) is 5. The molecule has 0 aromatic heterocycles. The van der Waals surface area contributed by atoms with Crippen LogP contribution in [0.3, 0.4) is 0 Å². The van der Waals surface area contributed by atoms with Crippen LogP contribution >= 0.6 is 0 Å². The second-order valence-corrected chi connectivity index (χ2v) is 9.68. The molecule has 0 saturated carbocycles. The van der Waals surface area contributed by atoms with E-state index in [1.165, 1.54) is 0 Å². The molecule has 184 valence electrons. The van der Waals surface area contributed by atoms with Gasteiger partial charge in [-0.3, -0.25) is 9.59 Å². The topological polar surface area (TPSA) is 77.1 Å². The molecule has 0 bridgehead atoms. The molecular weight excluding hydrogens is 456 g/mol. The summed E-state index contributed by atoms with van der Waals surface area (Å²) >= 11 is 0. The molecule has 7 heteroatoms. The SMILES string of the molecule is Cc1cc(OCc2ccccc2)c2c(c1)OC[C@H]1C[C@H](Oc3ccc4c(c3)NC(=O)CC4)CN1C2=O. The van der Waals surface area contributed by atoms with Gasteiger partial charge in [-0.05, 0) is 48.2 Å². The van der Waals surface area contributed by atoms with Crippen LogP contribution in [0.15, 0.2) is 60.7 Å². The van der Waals surface area contributed by atoms with E-state index < -0.39 is 0 Å². The summed E-state index contributed by atoms with van der Waals surface area (Å²) in [6.07, 6.45) is 1.75. The van der Waals surface area contributed by atoms with E-state index in [0.717, 1.165) is 28.8 Å². The second-order valence-electron chi connectivity index (χ2n) is 9.68. The molecule has 1 fully saturated rings. The Labute approximate surface area is 210 Å². The first kappa shape index (κ1) is 22.5. The van der Waals surface area contributed by atoms with E-state index in [9.17, 15) is 9.59 Å². The first-order valence-corrected chi connectivity index (χ1v) is 12.4. The third-order valence-electron chi connectivity index (χ3n) is 7.01. The third kappa shape index (κ3) is 4.37. The molecule has 3 aromatic carbocycles. The van der Waals surface area contributed by atoms with Gasteiger partial charge in [-0.2, -0.15) is 0 Å². The van der Waals surface area contributed by atoms with Crippen LogP contribution < -0.4 is 19.5 Å². The van der Waals surface area contributed by atoms with E-state index in [1.54, 1.807) is 0 Å². The van der Waals surface area contributed by atoms with E-state index in [0.29, 0.717) is 55.4 Å². The number of ether oxygens (including phenoxy) is 3. The molecule has 0 aliphatic carbocycles. The molecule has 3 aliphatic heterocycles. The largest absolute Gasteiger partial charge is 0.490 e. The molecule has 0 radical (unpaired) electrons. The van der Waals surface area contributed by atoms with Gasteiger partial charge in [0.1, 0.15) is 42.1 Å². The van der Waals surface area contributed by atoms with Gasteiger partial charge >= 0.3 is 0 Å². The number of rotatable bonds is 5. The van der Waals surface area contributed by atoms with Crippen molar-refractivity contribution in [1.82, 2.24) is 4.90 Å². The van der Waals surface area contributed by atoms with Gasteiger partial charge < -0.3 is 24.4 Å². The predicted octanol–water partition coefficient (Wildman–Crippen LogP) is 4.51. The van der Waals surface area contributed by atoms with Crippen molar-refractivity contribution >= 4 is 17.5 Å². The number of carbonyl (C=O) groups excluding carboxylic acids is 2. The van der Waals surface area contributed by atoms with Crippen molar-refractivity contribution in [1.29, 1.82) is 0 Å². The number of nitrogens with zero attached hydrogens (tertiary/aromatic N) is 1. The predicted molar refractivity (Wildman–Crippen MR) is 135 cm³/mol. The molecule has 1 saturated heterocycles. The van der Waals surface area contributed by atoms with Crippen LogP contribution in [0, 0.1) is 6.92 Å². The number of amides is 2. The lowest BCUT2D eigenvalue weighted by molar-refractivity contribution is -0.116. The maximum absolute atomic E-state index is 13.8. The lowest BCUT2D eigenvalue weighted by Gasteiger charge is -2.22. The fourth-order valence-corrected chi connectivity index (χ4v) is 5.21. The molecule has 7 nitrogen and oxygen atoms in total. The highest BCUT2D eigenvalue weighted by atomic mass is 16.5. The normalized spacial score (nSPS) is 20.4. The van der Waals surface area contributed by atoms with E-state index in [1.807, 2.05) is 72.5 Å². The quantitative estimate of drug-likeness (QED) is 0.577. The summed E-state index contributed by atoms with van der Waals surface area (Å²) in [4.78, 5) is 27.4. The van der Waals surface area contributed by atoms with Crippen LogP contribution in [0.2, 0.25) is 0 Å². The van der Waals surface area contributed by atoms with E-state index >= 15 is 0 Å². The molecule has 2 atom stereocenters. The molecule has 36 heavy (non-hydrogen) atoms. The van der Waals surface area contributed by atoms with E-state index in [4.69, 9.17) is 14.2 Å². The number of carbonyl (C=O) groups is 2. The summed E-state index contributed by atoms with van der Waals surface area (Å²) in [7, 11) is 0. The fraction of sp³-hybridized carbons (Fsp3) is 0.310. The number of hydrogen-bond donors (Lipinski definition) is 1. The van der Waals surface area contributed by atoms with Crippen molar-refractivity contribution in [2.75, 3.05) is 18.5 Å². The van der Waals surface area contributed by atoms with Gasteiger partial charge in [0.15, 0.2) is 0 Å². The molecule has 0 spiro atoms. The summed E-state index contributed by atoms with van der Waals surface area (Å²) in [5.74, 6) is 1.72. The van der Waals surface area contributed by atoms with Gasteiger partial charge in [-0.15, -0.1) is 0 Å². The molecule has 3 aliphatic rings. The van der Waals surface area contributed by atoms with Crippen molar-refractivity contribution < 1.29 is 23.8 Å². The highest BCUT2D eigenvalue weighted by Gasteiger charge is 2.41. The summed E-state index contributed by atoms with van der Waals surface area (Å²) in [6, 6.07) is 19.4. The summed E-state index contributed by atoms with van der Waals surface area (Å²) in [5.41, 5.74) is 4.40.